The number of ether oxygens (including phenoxy) is 1. The van der Waals surface area contributed by atoms with Gasteiger partial charge in [0.15, 0.2) is 0 Å². The lowest BCUT2D eigenvalue weighted by Gasteiger charge is -2.27. The molecular formula is C17H22NO2+. The maximum Gasteiger partial charge on any atom is 0.146 e. The van der Waals surface area contributed by atoms with E-state index < -0.39 is 5.60 Å². The minimum absolute atomic E-state index is 0.221. The number of likely N-dealkylation sites (N-methyl/N-ethyl adjacent to an activating group) is 1. The molecule has 2 aromatic carbocycles. The normalized spacial score (nSPS) is 29.8. The van der Waals surface area contributed by atoms with Gasteiger partial charge < -0.3 is 14.7 Å². The van der Waals surface area contributed by atoms with Gasteiger partial charge in [-0.25, -0.2) is 0 Å². The molecule has 0 radical (unpaired) electrons. The number of hydrogen-bond donors (Lipinski definition) is 2. The summed E-state index contributed by atoms with van der Waals surface area (Å²) in [6.07, 6.45) is 0.821. The highest BCUT2D eigenvalue weighted by atomic mass is 16.5. The Morgan fingerprint density at radius 2 is 1.90 bits per heavy atom. The van der Waals surface area contributed by atoms with Gasteiger partial charge in [-0.05, 0) is 41.5 Å². The Bertz CT molecular complexity index is 640. The molecule has 1 fully saturated rings. The molecule has 0 spiro atoms. The summed E-state index contributed by atoms with van der Waals surface area (Å²) in [7, 11) is 3.83. The zero-order valence-electron chi connectivity index (χ0n) is 12.3. The minimum Gasteiger partial charge on any atom is -0.497 e. The summed E-state index contributed by atoms with van der Waals surface area (Å²) in [5.41, 5.74) is 0.317. The van der Waals surface area contributed by atoms with E-state index in [0.717, 1.165) is 35.1 Å². The van der Waals surface area contributed by atoms with Gasteiger partial charge in [0.2, 0.25) is 0 Å². The van der Waals surface area contributed by atoms with Gasteiger partial charge in [-0.2, -0.15) is 0 Å². The number of aliphatic hydroxyl groups is 1. The van der Waals surface area contributed by atoms with Crippen LogP contribution in [0.15, 0.2) is 36.4 Å². The molecule has 20 heavy (non-hydrogen) atoms. The van der Waals surface area contributed by atoms with Crippen LogP contribution in [0.2, 0.25) is 0 Å². The molecule has 3 atom stereocenters. The molecule has 1 aliphatic heterocycles. The van der Waals surface area contributed by atoms with Gasteiger partial charge in [-0.1, -0.05) is 18.2 Å². The van der Waals surface area contributed by atoms with Crippen molar-refractivity contribution in [1.82, 2.24) is 0 Å². The second-order valence-corrected chi connectivity index (χ2v) is 5.92. The molecule has 2 aromatic rings. The van der Waals surface area contributed by atoms with Crippen LogP contribution in [0.5, 0.6) is 5.75 Å². The summed E-state index contributed by atoms with van der Waals surface area (Å²) in [5.74, 6) is 0.863. The Kier molecular flexibility index (Phi) is 3.19. The lowest BCUT2D eigenvalue weighted by molar-refractivity contribution is -0.894. The van der Waals surface area contributed by atoms with E-state index in [1.165, 1.54) is 4.90 Å². The van der Waals surface area contributed by atoms with Crippen molar-refractivity contribution in [3.8, 4) is 5.75 Å². The molecule has 1 unspecified atom stereocenters. The highest BCUT2D eigenvalue weighted by Gasteiger charge is 2.46. The van der Waals surface area contributed by atoms with Crippen LogP contribution in [0.3, 0.4) is 0 Å². The van der Waals surface area contributed by atoms with Crippen LogP contribution in [-0.4, -0.2) is 31.9 Å². The smallest absolute Gasteiger partial charge is 0.146 e. The van der Waals surface area contributed by atoms with Gasteiger partial charge in [0.25, 0.3) is 0 Å². The number of nitrogens with one attached hydrogen (secondary N) is 1. The van der Waals surface area contributed by atoms with Gasteiger partial charge in [0.1, 0.15) is 17.4 Å². The lowest BCUT2D eigenvalue weighted by Crippen LogP contribution is -3.11. The number of quaternary nitrogens is 1. The number of likely N-dealkylation sites (tertiary alicyclic amines) is 1. The van der Waals surface area contributed by atoms with Crippen LogP contribution in [0, 0.1) is 0 Å². The van der Waals surface area contributed by atoms with Gasteiger partial charge >= 0.3 is 0 Å². The second kappa shape index (κ2) is 4.76. The van der Waals surface area contributed by atoms with E-state index >= 15 is 0 Å². The number of benzene rings is 2. The molecular weight excluding hydrogens is 250 g/mol. The maximum atomic E-state index is 11.0. The van der Waals surface area contributed by atoms with E-state index in [9.17, 15) is 5.11 Å². The topological polar surface area (TPSA) is 33.9 Å². The van der Waals surface area contributed by atoms with Gasteiger partial charge in [0.05, 0.1) is 20.7 Å². The molecule has 3 nitrogen and oxygen atoms in total. The second-order valence-electron chi connectivity index (χ2n) is 5.92. The molecule has 1 saturated heterocycles. The zero-order chi connectivity index (χ0) is 14.3. The SMILES string of the molecule is COc1ccc2cc([C@@]3(O)CC[NH+](C)[C@@H]3C)ccc2c1. The first-order valence-corrected chi connectivity index (χ1v) is 7.17. The highest BCUT2D eigenvalue weighted by molar-refractivity contribution is 5.84. The summed E-state index contributed by atoms with van der Waals surface area (Å²) in [5, 5.41) is 13.3. The quantitative estimate of drug-likeness (QED) is 0.865. The van der Waals surface area contributed by atoms with Crippen LogP contribution in [-0.2, 0) is 5.60 Å². The van der Waals surface area contributed by atoms with Crippen molar-refractivity contribution in [2.24, 2.45) is 0 Å². The molecule has 0 aromatic heterocycles. The van der Waals surface area contributed by atoms with Crippen LogP contribution in [0.4, 0.5) is 0 Å². The van der Waals surface area contributed by atoms with E-state index in [1.807, 2.05) is 12.1 Å². The van der Waals surface area contributed by atoms with E-state index in [1.54, 1.807) is 7.11 Å². The number of hydrogen-bond acceptors (Lipinski definition) is 2. The Balaban J connectivity index is 2.05. The maximum absolute atomic E-state index is 11.0. The largest absolute Gasteiger partial charge is 0.497 e. The van der Waals surface area contributed by atoms with Crippen LogP contribution >= 0.6 is 0 Å². The fourth-order valence-electron chi connectivity index (χ4n) is 3.24. The van der Waals surface area contributed by atoms with Gasteiger partial charge in [-0.15, -0.1) is 0 Å². The third-order valence-electron chi connectivity index (χ3n) is 4.90. The van der Waals surface area contributed by atoms with Crippen LogP contribution in [0.25, 0.3) is 10.8 Å². The van der Waals surface area contributed by atoms with Crippen LogP contribution < -0.4 is 9.64 Å². The summed E-state index contributed by atoms with van der Waals surface area (Å²) in [6, 6.07) is 12.5. The van der Waals surface area contributed by atoms with E-state index in [4.69, 9.17) is 4.74 Å². The molecule has 0 aliphatic carbocycles. The molecule has 0 saturated carbocycles. The molecule has 3 rings (SSSR count). The summed E-state index contributed by atoms with van der Waals surface area (Å²) in [4.78, 5) is 1.39. The van der Waals surface area contributed by atoms with Crippen molar-refractivity contribution < 1.29 is 14.7 Å². The Labute approximate surface area is 119 Å². The minimum atomic E-state index is -0.710. The molecule has 0 bridgehead atoms. The molecule has 1 aliphatic rings. The average molecular weight is 272 g/mol. The first kappa shape index (κ1) is 13.4. The van der Waals surface area contributed by atoms with Crippen molar-refractivity contribution in [2.45, 2.75) is 25.0 Å². The fourth-order valence-corrected chi connectivity index (χ4v) is 3.24. The van der Waals surface area contributed by atoms with Crippen molar-refractivity contribution in [3.05, 3.63) is 42.0 Å². The third-order valence-corrected chi connectivity index (χ3v) is 4.90. The number of fused-ring (bicyclic) bond motifs is 1. The monoisotopic (exact) mass is 272 g/mol. The van der Waals surface area contributed by atoms with E-state index in [-0.39, 0.29) is 6.04 Å². The molecule has 3 heteroatoms. The van der Waals surface area contributed by atoms with Crippen molar-refractivity contribution >= 4 is 10.8 Å². The van der Waals surface area contributed by atoms with E-state index in [2.05, 4.69) is 38.2 Å². The Morgan fingerprint density at radius 1 is 1.20 bits per heavy atom. The van der Waals surface area contributed by atoms with E-state index in [0.29, 0.717) is 0 Å². The van der Waals surface area contributed by atoms with Crippen LogP contribution in [0.1, 0.15) is 18.9 Å². The van der Waals surface area contributed by atoms with Crippen molar-refractivity contribution in [2.75, 3.05) is 20.7 Å². The molecule has 2 N–H and O–H groups in total. The molecule has 0 amide bonds. The molecule has 106 valence electrons. The van der Waals surface area contributed by atoms with Crippen molar-refractivity contribution in [3.63, 3.8) is 0 Å². The van der Waals surface area contributed by atoms with Gasteiger partial charge in [-0.3, -0.25) is 0 Å². The summed E-state index contributed by atoms with van der Waals surface area (Å²) < 4.78 is 5.25. The Morgan fingerprint density at radius 3 is 2.55 bits per heavy atom. The predicted octanol–water partition coefficient (Wildman–Crippen LogP) is 1.34. The number of methoxy groups -OCH3 is 1. The number of rotatable bonds is 2. The van der Waals surface area contributed by atoms with Gasteiger partial charge in [0, 0.05) is 6.42 Å². The zero-order valence-corrected chi connectivity index (χ0v) is 12.3. The first-order chi connectivity index (χ1) is 9.54. The Hall–Kier alpha value is -1.58. The summed E-state index contributed by atoms with van der Waals surface area (Å²) >= 11 is 0. The highest BCUT2D eigenvalue weighted by Crippen LogP contribution is 2.33. The standard InChI is InChI=1S/C17H21NO2/c1-12-17(19,8-9-18(12)2)15-6-4-14-11-16(20-3)7-5-13(14)10-15/h4-7,10-12,19H,8-9H2,1-3H3/p+1/t12-,17-/m1/s1. The fraction of sp³-hybridized carbons (Fsp3) is 0.412. The van der Waals surface area contributed by atoms with Crippen molar-refractivity contribution in [1.29, 1.82) is 0 Å². The lowest BCUT2D eigenvalue weighted by atomic mass is 9.86. The first-order valence-electron chi connectivity index (χ1n) is 7.17. The average Bonchev–Trinajstić information content (AvgIpc) is 2.75. The third kappa shape index (κ3) is 1.98. The molecule has 1 heterocycles. The predicted molar refractivity (Wildman–Crippen MR) is 80.2 cm³/mol. The summed E-state index contributed by atoms with van der Waals surface area (Å²) in [6.45, 7) is 3.14.